The highest BCUT2D eigenvalue weighted by molar-refractivity contribution is 5.95. The van der Waals surface area contributed by atoms with Crippen LogP contribution in [-0.2, 0) is 30.2 Å². The first-order valence-corrected chi connectivity index (χ1v) is 6.47. The summed E-state index contributed by atoms with van der Waals surface area (Å²) in [5.74, 6) is -2.40. The number of hydrogen-bond donors (Lipinski definition) is 0. The fraction of sp³-hybridized carbons (Fsp3) is 0.467. The van der Waals surface area contributed by atoms with Crippen LogP contribution >= 0.6 is 0 Å². The number of ether oxygens (including phenoxy) is 3. The summed E-state index contributed by atoms with van der Waals surface area (Å²) in [5.41, 5.74) is 1.92. The van der Waals surface area contributed by atoms with Gasteiger partial charge >= 0.3 is 11.9 Å². The van der Waals surface area contributed by atoms with E-state index in [9.17, 15) is 9.59 Å². The van der Waals surface area contributed by atoms with Crippen molar-refractivity contribution in [1.82, 2.24) is 0 Å². The van der Waals surface area contributed by atoms with Crippen molar-refractivity contribution in [3.8, 4) is 0 Å². The summed E-state index contributed by atoms with van der Waals surface area (Å²) >= 11 is 0. The van der Waals surface area contributed by atoms with Gasteiger partial charge in [-0.1, -0.05) is 24.3 Å². The van der Waals surface area contributed by atoms with Crippen molar-refractivity contribution in [3.05, 3.63) is 35.4 Å². The summed E-state index contributed by atoms with van der Waals surface area (Å²) in [7, 11) is 2.49. The van der Waals surface area contributed by atoms with E-state index in [2.05, 4.69) is 0 Å². The van der Waals surface area contributed by atoms with Crippen LogP contribution in [0.4, 0.5) is 0 Å². The van der Waals surface area contributed by atoms with Crippen molar-refractivity contribution in [2.75, 3.05) is 14.2 Å². The van der Waals surface area contributed by atoms with Crippen LogP contribution in [0.1, 0.15) is 24.2 Å². The lowest BCUT2D eigenvalue weighted by Crippen LogP contribution is -2.38. The molecular formula is C15H18O5. The second-order valence-electron chi connectivity index (χ2n) is 4.79. The maximum Gasteiger partial charge on any atom is 0.323 e. The zero-order valence-electron chi connectivity index (χ0n) is 11.8. The average Bonchev–Trinajstić information content (AvgIpc) is 2.46. The SMILES string of the molecule is COC(=O)C(C(=O)OC)C1OC(C)Cc2ccccc21. The van der Waals surface area contributed by atoms with Crippen molar-refractivity contribution < 1.29 is 23.8 Å². The van der Waals surface area contributed by atoms with Gasteiger partial charge < -0.3 is 14.2 Å². The largest absolute Gasteiger partial charge is 0.468 e. The molecule has 20 heavy (non-hydrogen) atoms. The van der Waals surface area contributed by atoms with Gasteiger partial charge in [-0.15, -0.1) is 0 Å². The summed E-state index contributed by atoms with van der Waals surface area (Å²) < 4.78 is 15.3. The molecule has 2 atom stereocenters. The predicted molar refractivity (Wildman–Crippen MR) is 71.0 cm³/mol. The molecule has 1 aromatic carbocycles. The molecule has 1 heterocycles. The quantitative estimate of drug-likeness (QED) is 0.621. The summed E-state index contributed by atoms with van der Waals surface area (Å²) in [4.78, 5) is 23.9. The van der Waals surface area contributed by atoms with Crippen LogP contribution in [0.3, 0.4) is 0 Å². The Morgan fingerprint density at radius 3 is 2.40 bits per heavy atom. The molecule has 5 heteroatoms. The van der Waals surface area contributed by atoms with Gasteiger partial charge in [0, 0.05) is 0 Å². The number of carbonyl (C=O) groups is 2. The van der Waals surface area contributed by atoms with E-state index in [0.29, 0.717) is 0 Å². The minimum absolute atomic E-state index is 0.0771. The van der Waals surface area contributed by atoms with Crippen molar-refractivity contribution in [2.45, 2.75) is 25.6 Å². The fourth-order valence-electron chi connectivity index (χ4n) is 2.53. The van der Waals surface area contributed by atoms with Gasteiger partial charge in [-0.05, 0) is 24.5 Å². The van der Waals surface area contributed by atoms with Crippen molar-refractivity contribution >= 4 is 11.9 Å². The number of hydrogen-bond acceptors (Lipinski definition) is 5. The van der Waals surface area contributed by atoms with Crippen LogP contribution in [0, 0.1) is 5.92 Å². The summed E-state index contributed by atoms with van der Waals surface area (Å²) in [6.07, 6.45) is 0.00317. The van der Waals surface area contributed by atoms with Crippen LogP contribution in [0.15, 0.2) is 24.3 Å². The molecule has 1 aliphatic rings. The molecule has 2 rings (SSSR count). The van der Waals surface area contributed by atoms with E-state index >= 15 is 0 Å². The summed E-state index contributed by atoms with van der Waals surface area (Å²) in [5, 5.41) is 0. The molecule has 0 bridgehead atoms. The van der Waals surface area contributed by atoms with Gasteiger partial charge in [0.25, 0.3) is 0 Å². The molecule has 2 unspecified atom stereocenters. The maximum atomic E-state index is 11.9. The molecular weight excluding hydrogens is 260 g/mol. The van der Waals surface area contributed by atoms with Crippen molar-refractivity contribution in [3.63, 3.8) is 0 Å². The maximum absolute atomic E-state index is 11.9. The third-order valence-corrected chi connectivity index (χ3v) is 3.46. The first kappa shape index (κ1) is 14.5. The van der Waals surface area contributed by atoms with Crippen LogP contribution in [0.5, 0.6) is 0 Å². The van der Waals surface area contributed by atoms with Gasteiger partial charge in [0.1, 0.15) is 6.10 Å². The molecule has 108 valence electrons. The van der Waals surface area contributed by atoms with Crippen LogP contribution < -0.4 is 0 Å². The average molecular weight is 278 g/mol. The van der Waals surface area contributed by atoms with E-state index in [4.69, 9.17) is 14.2 Å². The minimum atomic E-state index is -1.10. The van der Waals surface area contributed by atoms with Gasteiger partial charge in [0.2, 0.25) is 0 Å². The number of carbonyl (C=O) groups excluding carboxylic acids is 2. The molecule has 1 aromatic rings. The second kappa shape index (κ2) is 6.05. The topological polar surface area (TPSA) is 61.8 Å². The lowest BCUT2D eigenvalue weighted by molar-refractivity contribution is -0.169. The Bertz CT molecular complexity index is 495. The number of methoxy groups -OCH3 is 2. The fourth-order valence-corrected chi connectivity index (χ4v) is 2.53. The van der Waals surface area contributed by atoms with Gasteiger partial charge in [0.05, 0.1) is 20.3 Å². The van der Waals surface area contributed by atoms with E-state index < -0.39 is 24.0 Å². The molecule has 0 radical (unpaired) electrons. The zero-order valence-corrected chi connectivity index (χ0v) is 11.8. The van der Waals surface area contributed by atoms with Gasteiger partial charge in [-0.2, -0.15) is 0 Å². The normalized spacial score (nSPS) is 21.2. The van der Waals surface area contributed by atoms with E-state index in [1.165, 1.54) is 14.2 Å². The second-order valence-corrected chi connectivity index (χ2v) is 4.79. The number of benzene rings is 1. The highest BCUT2D eigenvalue weighted by Gasteiger charge is 2.42. The van der Waals surface area contributed by atoms with Crippen molar-refractivity contribution in [2.24, 2.45) is 5.92 Å². The lowest BCUT2D eigenvalue weighted by atomic mass is 9.87. The molecule has 1 aliphatic heterocycles. The van der Waals surface area contributed by atoms with Gasteiger partial charge in [-0.3, -0.25) is 9.59 Å². The Hall–Kier alpha value is -1.88. The van der Waals surface area contributed by atoms with E-state index in [0.717, 1.165) is 17.5 Å². The Kier molecular flexibility index (Phi) is 4.39. The van der Waals surface area contributed by atoms with E-state index in [1.54, 1.807) is 0 Å². The lowest BCUT2D eigenvalue weighted by Gasteiger charge is -2.33. The molecule has 0 saturated carbocycles. The summed E-state index contributed by atoms with van der Waals surface area (Å²) in [6.45, 7) is 1.91. The van der Waals surface area contributed by atoms with Gasteiger partial charge in [0.15, 0.2) is 5.92 Å². The first-order valence-electron chi connectivity index (χ1n) is 6.47. The number of fused-ring (bicyclic) bond motifs is 1. The highest BCUT2D eigenvalue weighted by atomic mass is 16.6. The molecule has 0 N–H and O–H groups in total. The third-order valence-electron chi connectivity index (χ3n) is 3.46. The molecule has 0 spiro atoms. The molecule has 0 fully saturated rings. The first-order chi connectivity index (χ1) is 9.58. The number of rotatable bonds is 3. The van der Waals surface area contributed by atoms with Crippen molar-refractivity contribution in [1.29, 1.82) is 0 Å². The van der Waals surface area contributed by atoms with Crippen LogP contribution in [0.2, 0.25) is 0 Å². The Morgan fingerprint density at radius 2 is 1.80 bits per heavy atom. The molecule has 0 aliphatic carbocycles. The van der Waals surface area contributed by atoms with Crippen LogP contribution in [0.25, 0.3) is 0 Å². The van der Waals surface area contributed by atoms with Gasteiger partial charge in [-0.25, -0.2) is 0 Å². The molecule has 0 saturated heterocycles. The summed E-state index contributed by atoms with van der Waals surface area (Å²) in [6, 6.07) is 7.63. The Morgan fingerprint density at radius 1 is 1.20 bits per heavy atom. The van der Waals surface area contributed by atoms with E-state index in [1.807, 2.05) is 31.2 Å². The molecule has 5 nitrogen and oxygen atoms in total. The highest BCUT2D eigenvalue weighted by Crippen LogP contribution is 2.36. The minimum Gasteiger partial charge on any atom is -0.468 e. The smallest absolute Gasteiger partial charge is 0.323 e. The Labute approximate surface area is 117 Å². The molecule has 0 aromatic heterocycles. The standard InChI is InChI=1S/C15H18O5/c1-9-8-10-6-4-5-7-11(10)13(20-9)12(14(16)18-2)15(17)19-3/h4-7,9,12-13H,8H2,1-3H3. The zero-order chi connectivity index (χ0) is 14.7. The Balaban J connectivity index is 2.43. The monoisotopic (exact) mass is 278 g/mol. The molecule has 0 amide bonds. The van der Waals surface area contributed by atoms with E-state index in [-0.39, 0.29) is 6.10 Å². The predicted octanol–water partition coefficient (Wildman–Crippen LogP) is 1.65. The third kappa shape index (κ3) is 2.67. The van der Waals surface area contributed by atoms with Crippen LogP contribution in [-0.4, -0.2) is 32.3 Å². The number of esters is 2.